The van der Waals surface area contributed by atoms with Crippen molar-refractivity contribution < 1.29 is 23.8 Å². The number of rotatable bonds is 6. The van der Waals surface area contributed by atoms with Gasteiger partial charge >= 0.3 is 6.16 Å². The number of H-pyrrole nitrogens is 1. The molecule has 1 aliphatic rings. The van der Waals surface area contributed by atoms with Gasteiger partial charge in [-0.25, -0.2) is 14.8 Å². The van der Waals surface area contributed by atoms with Crippen molar-refractivity contribution >= 4 is 51.7 Å². The van der Waals surface area contributed by atoms with Crippen LogP contribution in [0.2, 0.25) is 10.0 Å². The summed E-state index contributed by atoms with van der Waals surface area (Å²) in [6, 6.07) is -0.262. The van der Waals surface area contributed by atoms with Gasteiger partial charge in [-0.15, -0.1) is 0 Å². The number of methoxy groups -OCH3 is 2. The third kappa shape index (κ3) is 5.10. The number of aryl methyl sites for hydroxylation is 2. The van der Waals surface area contributed by atoms with Crippen molar-refractivity contribution in [2.75, 3.05) is 32.2 Å². The molecule has 0 aromatic carbocycles. The molecule has 2 N–H and O–H groups in total. The first kappa shape index (κ1) is 25.3. The molecule has 0 aliphatic carbocycles. The van der Waals surface area contributed by atoms with E-state index in [1.165, 1.54) is 18.4 Å². The number of aromatic nitrogens is 4. The summed E-state index contributed by atoms with van der Waals surface area (Å²) in [5.74, 6) is 0.194. The van der Waals surface area contributed by atoms with Crippen molar-refractivity contribution in [2.45, 2.75) is 25.5 Å². The smallest absolute Gasteiger partial charge is 0.437 e. The largest absolute Gasteiger partial charge is 0.514 e. The average Bonchev–Trinajstić information content (AvgIpc) is 3.53. The molecule has 3 aromatic heterocycles. The minimum absolute atomic E-state index is 0.191. The first-order chi connectivity index (χ1) is 16.7. The van der Waals surface area contributed by atoms with Gasteiger partial charge in [0, 0.05) is 45.3 Å². The minimum atomic E-state index is -0.842. The lowest BCUT2D eigenvalue weighted by atomic mass is 10.0. The predicted octanol–water partition coefficient (Wildman–Crippen LogP) is 3.66. The van der Waals surface area contributed by atoms with Crippen molar-refractivity contribution in [3.05, 3.63) is 33.8 Å². The van der Waals surface area contributed by atoms with Gasteiger partial charge < -0.3 is 34.0 Å². The second-order valence-electron chi connectivity index (χ2n) is 7.89. The molecule has 1 amide bonds. The zero-order valence-electron chi connectivity index (χ0n) is 19.4. The quantitative estimate of drug-likeness (QED) is 0.452. The van der Waals surface area contributed by atoms with Crippen LogP contribution in [-0.4, -0.2) is 71.0 Å². The van der Waals surface area contributed by atoms with E-state index in [0.29, 0.717) is 46.9 Å². The van der Waals surface area contributed by atoms with E-state index in [0.717, 1.165) is 0 Å². The van der Waals surface area contributed by atoms with Crippen LogP contribution >= 0.6 is 34.5 Å². The van der Waals surface area contributed by atoms with Gasteiger partial charge in [-0.2, -0.15) is 0 Å². The number of anilines is 1. The van der Waals surface area contributed by atoms with E-state index in [9.17, 15) is 9.59 Å². The fraction of sp³-hybridized carbons (Fsp3) is 0.429. The standard InChI is InChI=1S/C21H24Cl2N6O5S/c1-10-13(22)14(23)15(25-10)18(30)26-11-5-7-29(9-12(11)32-3)20-27-16(17-24-6-8-28(17)2)19(35-20)34-21(31)33-4/h6,8,11-12,25H,5,7,9H2,1-4H3,(H,26,30)/t11-,12+/m1/s1. The zero-order chi connectivity index (χ0) is 25.3. The second-order valence-corrected chi connectivity index (χ2v) is 9.59. The molecule has 35 heavy (non-hydrogen) atoms. The van der Waals surface area contributed by atoms with Gasteiger partial charge in [0.1, 0.15) is 5.69 Å². The lowest BCUT2D eigenvalue weighted by molar-refractivity contribution is 0.0540. The van der Waals surface area contributed by atoms with Crippen LogP contribution < -0.4 is 15.0 Å². The van der Waals surface area contributed by atoms with E-state index in [1.807, 2.05) is 11.9 Å². The third-order valence-corrected chi connectivity index (χ3v) is 7.63. The number of amides is 1. The minimum Gasteiger partial charge on any atom is -0.437 e. The first-order valence-corrected chi connectivity index (χ1v) is 12.2. The maximum atomic E-state index is 12.8. The summed E-state index contributed by atoms with van der Waals surface area (Å²) in [6.07, 6.45) is 2.82. The number of thiazole rings is 1. The maximum Gasteiger partial charge on any atom is 0.514 e. The number of piperidine rings is 1. The Labute approximate surface area is 215 Å². The van der Waals surface area contributed by atoms with Gasteiger partial charge in [0.25, 0.3) is 5.91 Å². The molecule has 4 rings (SSSR count). The monoisotopic (exact) mass is 542 g/mol. The maximum absolute atomic E-state index is 12.8. The highest BCUT2D eigenvalue weighted by Crippen LogP contribution is 2.40. The number of hydrogen-bond acceptors (Lipinski definition) is 9. The second kappa shape index (κ2) is 10.4. The summed E-state index contributed by atoms with van der Waals surface area (Å²) in [4.78, 5) is 38.6. The molecule has 14 heteroatoms. The van der Waals surface area contributed by atoms with Crippen LogP contribution in [0.4, 0.5) is 9.93 Å². The number of carbonyl (C=O) groups excluding carboxylic acids is 2. The third-order valence-electron chi connectivity index (χ3n) is 5.69. The molecule has 1 fully saturated rings. The van der Waals surface area contributed by atoms with Crippen molar-refractivity contribution in [1.82, 2.24) is 24.8 Å². The Morgan fingerprint density at radius 3 is 2.66 bits per heavy atom. The fourth-order valence-corrected chi connectivity index (χ4v) is 5.17. The number of imidazole rings is 1. The Hall–Kier alpha value is -2.80. The predicted molar refractivity (Wildman–Crippen MR) is 132 cm³/mol. The summed E-state index contributed by atoms with van der Waals surface area (Å²) in [6.45, 7) is 2.77. The highest BCUT2D eigenvalue weighted by Gasteiger charge is 2.34. The average molecular weight is 543 g/mol. The van der Waals surface area contributed by atoms with Gasteiger partial charge in [-0.05, 0) is 13.3 Å². The van der Waals surface area contributed by atoms with Crippen molar-refractivity contribution in [1.29, 1.82) is 0 Å². The molecule has 3 aromatic rings. The van der Waals surface area contributed by atoms with E-state index in [-0.39, 0.29) is 33.8 Å². The first-order valence-electron chi connectivity index (χ1n) is 10.6. The SMILES string of the molecule is COC(=O)Oc1sc(N2CC[C@@H](NC(=O)c3[nH]c(C)c(Cl)c3Cl)[C@@H](OC)C2)nc1-c1nccn1C. The summed E-state index contributed by atoms with van der Waals surface area (Å²) in [5, 5.41) is 4.41. The van der Waals surface area contributed by atoms with Gasteiger partial charge in [0.05, 0.1) is 29.3 Å². The highest BCUT2D eigenvalue weighted by molar-refractivity contribution is 7.18. The number of nitrogens with one attached hydrogen (secondary N) is 2. The Balaban J connectivity index is 1.52. The Kier molecular flexibility index (Phi) is 7.55. The number of hydrogen-bond donors (Lipinski definition) is 2. The molecule has 188 valence electrons. The fourth-order valence-electron chi connectivity index (χ4n) is 3.82. The summed E-state index contributed by atoms with van der Waals surface area (Å²) in [7, 11) is 4.65. The van der Waals surface area contributed by atoms with E-state index < -0.39 is 6.16 Å². The van der Waals surface area contributed by atoms with E-state index in [1.54, 1.807) is 31.0 Å². The van der Waals surface area contributed by atoms with E-state index in [2.05, 4.69) is 20.0 Å². The van der Waals surface area contributed by atoms with Crippen LogP contribution in [0.25, 0.3) is 11.5 Å². The van der Waals surface area contributed by atoms with Crippen LogP contribution in [0.3, 0.4) is 0 Å². The normalized spacial score (nSPS) is 17.9. The lowest BCUT2D eigenvalue weighted by Crippen LogP contribution is -2.55. The lowest BCUT2D eigenvalue weighted by Gasteiger charge is -2.37. The van der Waals surface area contributed by atoms with Crippen LogP contribution in [0.15, 0.2) is 12.4 Å². The molecule has 1 saturated heterocycles. The van der Waals surface area contributed by atoms with Crippen LogP contribution in [0.5, 0.6) is 5.06 Å². The van der Waals surface area contributed by atoms with Gasteiger partial charge in [0.15, 0.2) is 16.6 Å². The van der Waals surface area contributed by atoms with Crippen molar-refractivity contribution in [2.24, 2.45) is 7.05 Å². The van der Waals surface area contributed by atoms with E-state index >= 15 is 0 Å². The topological polar surface area (TPSA) is 124 Å². The number of aromatic amines is 1. The highest BCUT2D eigenvalue weighted by atomic mass is 35.5. The van der Waals surface area contributed by atoms with Gasteiger partial charge in [-0.3, -0.25) is 4.79 Å². The van der Waals surface area contributed by atoms with Crippen molar-refractivity contribution in [3.8, 4) is 16.6 Å². The summed E-state index contributed by atoms with van der Waals surface area (Å²) >= 11 is 13.5. The number of nitrogens with zero attached hydrogens (tertiary/aromatic N) is 4. The molecule has 0 spiro atoms. The van der Waals surface area contributed by atoms with E-state index in [4.69, 9.17) is 37.7 Å². The summed E-state index contributed by atoms with van der Waals surface area (Å²) in [5.41, 5.74) is 1.27. The molecule has 11 nitrogen and oxygen atoms in total. The number of halogens is 2. The van der Waals surface area contributed by atoms with Gasteiger partial charge in [0.2, 0.25) is 5.06 Å². The Bertz CT molecular complexity index is 1240. The molecule has 0 radical (unpaired) electrons. The Morgan fingerprint density at radius 2 is 2.06 bits per heavy atom. The summed E-state index contributed by atoms with van der Waals surface area (Å²) < 4.78 is 17.5. The molecular weight excluding hydrogens is 519 g/mol. The molecule has 2 atom stereocenters. The molecule has 1 aliphatic heterocycles. The molecule has 0 unspecified atom stereocenters. The Morgan fingerprint density at radius 1 is 1.29 bits per heavy atom. The molecule has 0 saturated carbocycles. The van der Waals surface area contributed by atoms with Crippen LogP contribution in [-0.2, 0) is 16.5 Å². The van der Waals surface area contributed by atoms with Gasteiger partial charge in [-0.1, -0.05) is 34.5 Å². The van der Waals surface area contributed by atoms with Crippen LogP contribution in [0.1, 0.15) is 22.6 Å². The number of carbonyl (C=O) groups is 2. The van der Waals surface area contributed by atoms with Crippen LogP contribution in [0, 0.1) is 6.92 Å². The number of ether oxygens (including phenoxy) is 3. The molecule has 4 heterocycles. The van der Waals surface area contributed by atoms with Crippen molar-refractivity contribution in [3.63, 3.8) is 0 Å². The molecule has 0 bridgehead atoms. The zero-order valence-corrected chi connectivity index (χ0v) is 21.8. The molecular formula is C21H24Cl2N6O5S.